The number of anilines is 1. The highest BCUT2D eigenvalue weighted by atomic mass is 32.1. The number of nitrogens with two attached hydrogens (primary N) is 1. The molecule has 1 unspecified atom stereocenters. The van der Waals surface area contributed by atoms with Gasteiger partial charge in [0.15, 0.2) is 0 Å². The Labute approximate surface area is 112 Å². The molecule has 3 nitrogen and oxygen atoms in total. The summed E-state index contributed by atoms with van der Waals surface area (Å²) in [5.74, 6) is 0.966. The van der Waals surface area contributed by atoms with E-state index >= 15 is 0 Å². The Hall–Kier alpha value is -1.39. The highest BCUT2D eigenvalue weighted by Gasteiger charge is 2.18. The second-order valence-electron chi connectivity index (χ2n) is 4.51. The first-order chi connectivity index (χ1) is 8.61. The summed E-state index contributed by atoms with van der Waals surface area (Å²) in [6.45, 7) is 4.18. The molecule has 0 aliphatic carbocycles. The summed E-state index contributed by atoms with van der Waals surface area (Å²) in [6.07, 6.45) is 1.82. The maximum absolute atomic E-state index is 6.01. The molecule has 0 saturated heterocycles. The molecule has 2 aromatic heterocycles. The summed E-state index contributed by atoms with van der Waals surface area (Å²) in [6, 6.07) is 8.51. The van der Waals surface area contributed by atoms with Gasteiger partial charge in [0, 0.05) is 29.7 Å². The topological polar surface area (TPSA) is 42.2 Å². The Kier molecular flexibility index (Phi) is 3.99. The molecule has 0 amide bonds. The molecule has 2 aromatic rings. The van der Waals surface area contributed by atoms with Gasteiger partial charge < -0.3 is 10.6 Å². The summed E-state index contributed by atoms with van der Waals surface area (Å²) >= 11 is 1.77. The van der Waals surface area contributed by atoms with E-state index in [0.29, 0.717) is 6.04 Å². The van der Waals surface area contributed by atoms with Crippen molar-refractivity contribution < 1.29 is 0 Å². The van der Waals surface area contributed by atoms with E-state index in [1.54, 1.807) is 11.3 Å². The summed E-state index contributed by atoms with van der Waals surface area (Å²) in [4.78, 5) is 8.00. The van der Waals surface area contributed by atoms with Gasteiger partial charge in [0.1, 0.15) is 5.82 Å². The van der Waals surface area contributed by atoms with Crippen LogP contribution in [0, 0.1) is 0 Å². The minimum Gasteiger partial charge on any atom is -0.352 e. The van der Waals surface area contributed by atoms with Crippen LogP contribution in [0.2, 0.25) is 0 Å². The maximum Gasteiger partial charge on any atom is 0.133 e. The summed E-state index contributed by atoms with van der Waals surface area (Å²) < 4.78 is 0. The van der Waals surface area contributed by atoms with Crippen LogP contribution in [0.3, 0.4) is 0 Å². The number of pyridine rings is 1. The fraction of sp³-hybridized carbons (Fsp3) is 0.357. The van der Waals surface area contributed by atoms with Gasteiger partial charge in [0.05, 0.1) is 6.04 Å². The SMILES string of the molecule is CC(c1cccs1)N(C)c1ncccc1[C@H](C)N. The molecule has 96 valence electrons. The molecule has 2 N–H and O–H groups in total. The van der Waals surface area contributed by atoms with Gasteiger partial charge in [-0.05, 0) is 31.4 Å². The first kappa shape index (κ1) is 13.1. The van der Waals surface area contributed by atoms with Crippen LogP contribution in [0.5, 0.6) is 0 Å². The predicted molar refractivity (Wildman–Crippen MR) is 78.0 cm³/mol. The standard InChI is InChI=1S/C14H19N3S/c1-10(15)12-6-4-8-16-14(12)17(3)11(2)13-7-5-9-18-13/h4-11H,15H2,1-3H3/t10-,11?/m0/s1. The zero-order valence-electron chi connectivity index (χ0n) is 11.0. The van der Waals surface area contributed by atoms with E-state index in [4.69, 9.17) is 5.73 Å². The van der Waals surface area contributed by atoms with Crippen LogP contribution in [0.1, 0.15) is 36.4 Å². The first-order valence-electron chi connectivity index (χ1n) is 6.08. The molecule has 0 aliphatic heterocycles. The van der Waals surface area contributed by atoms with Crippen LogP contribution < -0.4 is 10.6 Å². The van der Waals surface area contributed by atoms with Gasteiger partial charge >= 0.3 is 0 Å². The molecule has 0 saturated carbocycles. The highest BCUT2D eigenvalue weighted by molar-refractivity contribution is 7.10. The summed E-state index contributed by atoms with van der Waals surface area (Å²) in [5, 5.41) is 2.10. The molecule has 18 heavy (non-hydrogen) atoms. The second kappa shape index (κ2) is 5.50. The van der Waals surface area contributed by atoms with Crippen LogP contribution in [-0.2, 0) is 0 Å². The van der Waals surface area contributed by atoms with Crippen LogP contribution in [0.25, 0.3) is 0 Å². The zero-order valence-corrected chi connectivity index (χ0v) is 11.8. The lowest BCUT2D eigenvalue weighted by molar-refractivity contribution is 0.720. The minimum atomic E-state index is -0.00770. The molecule has 2 atom stereocenters. The lowest BCUT2D eigenvalue weighted by Gasteiger charge is -2.28. The van der Waals surface area contributed by atoms with Crippen molar-refractivity contribution in [2.24, 2.45) is 5.73 Å². The molecule has 2 heterocycles. The van der Waals surface area contributed by atoms with Crippen molar-refractivity contribution in [2.45, 2.75) is 25.9 Å². The van der Waals surface area contributed by atoms with Crippen molar-refractivity contribution in [3.8, 4) is 0 Å². The first-order valence-corrected chi connectivity index (χ1v) is 6.96. The fourth-order valence-corrected chi connectivity index (χ4v) is 2.79. The van der Waals surface area contributed by atoms with Gasteiger partial charge in [0.2, 0.25) is 0 Å². The molecule has 0 aliphatic rings. The highest BCUT2D eigenvalue weighted by Crippen LogP contribution is 2.30. The monoisotopic (exact) mass is 261 g/mol. The van der Waals surface area contributed by atoms with Crippen LogP contribution >= 0.6 is 11.3 Å². The van der Waals surface area contributed by atoms with Crippen LogP contribution in [-0.4, -0.2) is 12.0 Å². The number of hydrogen-bond acceptors (Lipinski definition) is 4. The van der Waals surface area contributed by atoms with Gasteiger partial charge in [-0.2, -0.15) is 0 Å². The van der Waals surface area contributed by atoms with Crippen molar-refractivity contribution in [1.29, 1.82) is 0 Å². The van der Waals surface area contributed by atoms with Crippen LogP contribution in [0.4, 0.5) is 5.82 Å². The predicted octanol–water partition coefficient (Wildman–Crippen LogP) is 3.36. The molecule has 2 rings (SSSR count). The van der Waals surface area contributed by atoms with E-state index in [2.05, 4.69) is 41.4 Å². The molecular formula is C14H19N3S. The van der Waals surface area contributed by atoms with E-state index in [-0.39, 0.29) is 6.04 Å². The minimum absolute atomic E-state index is 0.00770. The van der Waals surface area contributed by atoms with Gasteiger partial charge in [-0.3, -0.25) is 0 Å². The Morgan fingerprint density at radius 2 is 2.06 bits per heavy atom. The summed E-state index contributed by atoms with van der Waals surface area (Å²) in [5.41, 5.74) is 7.09. The Morgan fingerprint density at radius 1 is 1.28 bits per heavy atom. The Bertz CT molecular complexity index is 494. The number of hydrogen-bond donors (Lipinski definition) is 1. The Morgan fingerprint density at radius 3 is 2.67 bits per heavy atom. The number of rotatable bonds is 4. The molecule has 0 aromatic carbocycles. The second-order valence-corrected chi connectivity index (χ2v) is 5.49. The third-order valence-corrected chi connectivity index (χ3v) is 4.22. The molecular weight excluding hydrogens is 242 g/mol. The van der Waals surface area contributed by atoms with Crippen LogP contribution in [0.15, 0.2) is 35.8 Å². The molecule has 0 fully saturated rings. The van der Waals surface area contributed by atoms with Crippen molar-refractivity contribution >= 4 is 17.2 Å². The van der Waals surface area contributed by atoms with E-state index in [0.717, 1.165) is 11.4 Å². The average Bonchev–Trinajstić information content (AvgIpc) is 2.90. The van der Waals surface area contributed by atoms with E-state index in [1.807, 2.05) is 25.3 Å². The molecule has 0 bridgehead atoms. The lowest BCUT2D eigenvalue weighted by Crippen LogP contribution is -2.24. The van der Waals surface area contributed by atoms with E-state index < -0.39 is 0 Å². The number of nitrogens with zero attached hydrogens (tertiary/aromatic N) is 2. The summed E-state index contributed by atoms with van der Waals surface area (Å²) in [7, 11) is 2.07. The Balaban J connectivity index is 2.31. The van der Waals surface area contributed by atoms with Gasteiger partial charge in [-0.15, -0.1) is 11.3 Å². The number of aromatic nitrogens is 1. The van der Waals surface area contributed by atoms with E-state index in [9.17, 15) is 0 Å². The molecule has 4 heteroatoms. The quantitative estimate of drug-likeness (QED) is 0.917. The smallest absolute Gasteiger partial charge is 0.133 e. The zero-order chi connectivity index (χ0) is 13.1. The third-order valence-electron chi connectivity index (χ3n) is 3.18. The normalized spacial score (nSPS) is 14.2. The number of thiophene rings is 1. The van der Waals surface area contributed by atoms with Gasteiger partial charge in [-0.25, -0.2) is 4.98 Å². The fourth-order valence-electron chi connectivity index (χ4n) is 1.96. The van der Waals surface area contributed by atoms with Gasteiger partial charge in [-0.1, -0.05) is 12.1 Å². The lowest BCUT2D eigenvalue weighted by atomic mass is 10.1. The molecule has 0 spiro atoms. The third kappa shape index (κ3) is 2.54. The van der Waals surface area contributed by atoms with Crippen molar-refractivity contribution in [3.05, 3.63) is 46.3 Å². The average molecular weight is 261 g/mol. The van der Waals surface area contributed by atoms with Crippen molar-refractivity contribution in [1.82, 2.24) is 4.98 Å². The van der Waals surface area contributed by atoms with E-state index in [1.165, 1.54) is 4.88 Å². The maximum atomic E-state index is 6.01. The van der Waals surface area contributed by atoms with Crippen molar-refractivity contribution in [3.63, 3.8) is 0 Å². The van der Waals surface area contributed by atoms with Crippen molar-refractivity contribution in [2.75, 3.05) is 11.9 Å². The largest absolute Gasteiger partial charge is 0.352 e. The molecule has 0 radical (unpaired) electrons. The van der Waals surface area contributed by atoms with Gasteiger partial charge in [0.25, 0.3) is 0 Å².